The van der Waals surface area contributed by atoms with Gasteiger partial charge in [0.05, 0.1) is 21.2 Å². The summed E-state index contributed by atoms with van der Waals surface area (Å²) in [5, 5.41) is 21.5. The minimum absolute atomic E-state index is 0.0462. The molecule has 2 aromatic rings. The summed E-state index contributed by atoms with van der Waals surface area (Å²) in [5.74, 6) is -0.592. The number of hydrogen-bond acceptors (Lipinski definition) is 7. The second-order valence-electron chi connectivity index (χ2n) is 7.39. The van der Waals surface area contributed by atoms with Crippen molar-refractivity contribution in [3.63, 3.8) is 0 Å². The van der Waals surface area contributed by atoms with Crippen LogP contribution in [0.25, 0.3) is 5.57 Å². The largest absolute Gasteiger partial charge is 0.504 e. The Hall–Kier alpha value is -3.43. The highest BCUT2D eigenvalue weighted by Gasteiger charge is 2.29. The molecule has 1 atom stereocenters. The van der Waals surface area contributed by atoms with E-state index in [0.29, 0.717) is 30.1 Å². The van der Waals surface area contributed by atoms with Crippen LogP contribution < -0.4 is 26.8 Å². The van der Waals surface area contributed by atoms with Crippen molar-refractivity contribution in [1.29, 1.82) is 5.41 Å². The highest BCUT2D eigenvalue weighted by molar-refractivity contribution is 6.34. The first-order valence-electron chi connectivity index (χ1n) is 9.80. The van der Waals surface area contributed by atoms with Crippen LogP contribution in [0.5, 0.6) is 5.75 Å². The molecule has 1 saturated heterocycles. The van der Waals surface area contributed by atoms with Crippen LogP contribution in [0, 0.1) is 5.41 Å². The van der Waals surface area contributed by atoms with Crippen LogP contribution in [-0.2, 0) is 0 Å². The van der Waals surface area contributed by atoms with E-state index in [-0.39, 0.29) is 39.9 Å². The normalized spacial score (nSPS) is 17.4. The Bertz CT molecular complexity index is 1150. The third kappa shape index (κ3) is 4.30. The van der Waals surface area contributed by atoms with Gasteiger partial charge >= 0.3 is 0 Å². The molecule has 0 bridgehead atoms. The molecule has 0 spiro atoms. The second-order valence-corrected chi connectivity index (χ2v) is 8.20. The number of rotatable bonds is 5. The quantitative estimate of drug-likeness (QED) is 0.289. The Morgan fingerprint density at radius 3 is 2.81 bits per heavy atom. The van der Waals surface area contributed by atoms with Crippen LogP contribution in [0.2, 0.25) is 10.0 Å². The number of anilines is 1. The number of nitrogens with one attached hydrogen (secondary N) is 4. The van der Waals surface area contributed by atoms with Crippen molar-refractivity contribution in [2.24, 2.45) is 5.73 Å². The molecular formula is C21H21Cl2N7O2. The number of halogens is 2. The van der Waals surface area contributed by atoms with Gasteiger partial charge in [-0.05, 0) is 30.2 Å². The number of benzene rings is 1. The van der Waals surface area contributed by atoms with E-state index in [1.54, 1.807) is 24.5 Å². The smallest absolute Gasteiger partial charge is 0.253 e. The number of amidine groups is 1. The maximum absolute atomic E-state index is 12.8. The van der Waals surface area contributed by atoms with E-state index in [1.807, 2.05) is 17.0 Å². The summed E-state index contributed by atoms with van der Waals surface area (Å²) in [6.07, 6.45) is 7.46. The predicted molar refractivity (Wildman–Crippen MR) is 125 cm³/mol. The average molecular weight is 474 g/mol. The summed E-state index contributed by atoms with van der Waals surface area (Å²) in [4.78, 5) is 18.8. The monoisotopic (exact) mass is 473 g/mol. The Morgan fingerprint density at radius 2 is 2.12 bits per heavy atom. The van der Waals surface area contributed by atoms with Crippen LogP contribution in [0.3, 0.4) is 0 Å². The number of amides is 1. The van der Waals surface area contributed by atoms with Crippen molar-refractivity contribution in [2.75, 3.05) is 18.0 Å². The summed E-state index contributed by atoms with van der Waals surface area (Å²) >= 11 is 12.4. The molecule has 1 amide bonds. The van der Waals surface area contributed by atoms with Gasteiger partial charge in [0, 0.05) is 43.3 Å². The minimum atomic E-state index is -0.343. The third-order valence-electron chi connectivity index (χ3n) is 5.28. The Kier molecular flexibility index (Phi) is 6.11. The number of aromatic nitrogens is 1. The summed E-state index contributed by atoms with van der Waals surface area (Å²) in [5.41, 5.74) is 13.5. The van der Waals surface area contributed by atoms with Crippen LogP contribution in [-0.4, -0.2) is 41.0 Å². The lowest BCUT2D eigenvalue weighted by Gasteiger charge is -2.20. The number of hydrogen-bond donors (Lipinski definition) is 6. The van der Waals surface area contributed by atoms with Crippen molar-refractivity contribution in [1.82, 2.24) is 21.2 Å². The van der Waals surface area contributed by atoms with Gasteiger partial charge in [0.1, 0.15) is 5.84 Å². The maximum atomic E-state index is 12.8. The fourth-order valence-electron chi connectivity index (χ4n) is 3.70. The zero-order valence-corrected chi connectivity index (χ0v) is 18.3. The van der Waals surface area contributed by atoms with Crippen LogP contribution >= 0.6 is 23.2 Å². The molecule has 1 aromatic heterocycles. The van der Waals surface area contributed by atoms with Crippen molar-refractivity contribution in [3.8, 4) is 5.75 Å². The summed E-state index contributed by atoms with van der Waals surface area (Å²) in [7, 11) is 0. The summed E-state index contributed by atoms with van der Waals surface area (Å²) in [6.45, 7) is 0.982. The Labute approximate surface area is 194 Å². The molecule has 0 radical (unpaired) electrons. The fraction of sp³-hybridized carbons (Fsp3) is 0.190. The summed E-state index contributed by atoms with van der Waals surface area (Å²) in [6, 6.07) is 5.11. The highest BCUT2D eigenvalue weighted by atomic mass is 35.5. The standard InChI is InChI=1S/C21H21Cl2N7O2/c22-15-7-11(12-3-5-27-28-8-12)1-2-14(15)21(32)29-13-4-6-30(10-13)20-18(31)17(19(24)25)16(23)9-26-20/h1-3,5,7-9,13,27-28,31H,4,6,10H2,(H3,24,25)(H,29,32)/t13-/m1/s1. The molecule has 7 N–H and O–H groups in total. The number of hydrazine groups is 1. The molecular weight excluding hydrogens is 453 g/mol. The van der Waals surface area contributed by atoms with Gasteiger partial charge in [-0.1, -0.05) is 29.3 Å². The molecule has 3 heterocycles. The van der Waals surface area contributed by atoms with Crippen LogP contribution in [0.1, 0.15) is 27.9 Å². The lowest BCUT2D eigenvalue weighted by Crippen LogP contribution is -2.37. The highest BCUT2D eigenvalue weighted by Crippen LogP contribution is 2.34. The number of carbonyl (C=O) groups is 1. The van der Waals surface area contributed by atoms with Gasteiger partial charge in [-0.15, -0.1) is 0 Å². The van der Waals surface area contributed by atoms with Gasteiger partial charge in [-0.2, -0.15) is 0 Å². The zero-order valence-electron chi connectivity index (χ0n) is 16.8. The number of nitrogens with two attached hydrogens (primary N) is 1. The molecule has 2 aliphatic rings. The number of nitrogens with zero attached hydrogens (tertiary/aromatic N) is 2. The molecule has 0 unspecified atom stereocenters. The number of aromatic hydroxyl groups is 1. The van der Waals surface area contributed by atoms with E-state index in [2.05, 4.69) is 21.2 Å². The Morgan fingerprint density at radius 1 is 1.31 bits per heavy atom. The van der Waals surface area contributed by atoms with Crippen molar-refractivity contribution in [3.05, 3.63) is 69.6 Å². The maximum Gasteiger partial charge on any atom is 0.253 e. The van der Waals surface area contributed by atoms with Gasteiger partial charge in [-0.3, -0.25) is 10.2 Å². The molecule has 2 aliphatic heterocycles. The van der Waals surface area contributed by atoms with E-state index < -0.39 is 0 Å². The lowest BCUT2D eigenvalue weighted by molar-refractivity contribution is 0.0940. The minimum Gasteiger partial charge on any atom is -0.504 e. The van der Waals surface area contributed by atoms with E-state index in [4.69, 9.17) is 34.3 Å². The fourth-order valence-corrected chi connectivity index (χ4v) is 4.20. The molecule has 1 fully saturated rings. The predicted octanol–water partition coefficient (Wildman–Crippen LogP) is 2.35. The first-order chi connectivity index (χ1) is 15.3. The molecule has 0 saturated carbocycles. The Balaban J connectivity index is 1.45. The first-order valence-corrected chi connectivity index (χ1v) is 10.6. The molecule has 0 aliphatic carbocycles. The average Bonchev–Trinajstić information content (AvgIpc) is 3.22. The molecule has 32 heavy (non-hydrogen) atoms. The van der Waals surface area contributed by atoms with Crippen molar-refractivity contribution >= 4 is 46.3 Å². The van der Waals surface area contributed by atoms with Gasteiger partial charge in [-0.25, -0.2) is 4.98 Å². The summed E-state index contributed by atoms with van der Waals surface area (Å²) < 4.78 is 0. The molecule has 11 heteroatoms. The molecule has 9 nitrogen and oxygen atoms in total. The van der Waals surface area contributed by atoms with Crippen LogP contribution in [0.4, 0.5) is 5.82 Å². The first kappa shape index (κ1) is 21.8. The molecule has 166 valence electrons. The van der Waals surface area contributed by atoms with E-state index in [1.165, 1.54) is 6.20 Å². The topological polar surface area (TPSA) is 139 Å². The van der Waals surface area contributed by atoms with Gasteiger partial charge < -0.3 is 31.9 Å². The van der Waals surface area contributed by atoms with Crippen molar-refractivity contribution < 1.29 is 9.90 Å². The lowest BCUT2D eigenvalue weighted by atomic mass is 10.0. The number of allylic oxidation sites excluding steroid dienone is 2. The van der Waals surface area contributed by atoms with Gasteiger partial charge in [0.15, 0.2) is 11.6 Å². The van der Waals surface area contributed by atoms with Crippen molar-refractivity contribution in [2.45, 2.75) is 12.5 Å². The van der Waals surface area contributed by atoms with Crippen LogP contribution in [0.15, 0.2) is 42.9 Å². The SMILES string of the molecule is N=C(N)c1c(Cl)cnc(N2CC[C@@H](NC(=O)c3ccc(C4=CNNC=C4)cc3Cl)C2)c1O. The second kappa shape index (κ2) is 8.97. The number of nitrogen functional groups attached to an aromatic ring is 1. The molecule has 1 aromatic carbocycles. The number of pyridine rings is 1. The van der Waals surface area contributed by atoms with E-state index in [9.17, 15) is 9.90 Å². The van der Waals surface area contributed by atoms with E-state index >= 15 is 0 Å². The third-order valence-corrected chi connectivity index (χ3v) is 5.88. The van der Waals surface area contributed by atoms with Gasteiger partial charge in [0.25, 0.3) is 5.91 Å². The number of carbonyl (C=O) groups excluding carboxylic acids is 1. The zero-order chi connectivity index (χ0) is 22.8. The van der Waals surface area contributed by atoms with E-state index in [0.717, 1.165) is 11.1 Å². The van der Waals surface area contributed by atoms with Gasteiger partial charge in [0.2, 0.25) is 0 Å². The molecule has 4 rings (SSSR count).